The molecule has 0 saturated heterocycles. The van der Waals surface area contributed by atoms with Crippen LogP contribution in [0.1, 0.15) is 5.56 Å². The largest absolute Gasteiger partial charge is 0.399 e. The van der Waals surface area contributed by atoms with E-state index < -0.39 is 11.6 Å². The fourth-order valence-electron chi connectivity index (χ4n) is 0.739. The fourth-order valence-corrected chi connectivity index (χ4v) is 0.739. The van der Waals surface area contributed by atoms with E-state index in [1.165, 1.54) is 0 Å². The molecule has 1 nitrogen and oxygen atoms in total. The summed E-state index contributed by atoms with van der Waals surface area (Å²) in [6.45, 7) is 3.35. The monoisotopic (exact) mass is 155 g/mol. The average Bonchev–Trinajstić information content (AvgIpc) is 1.85. The maximum absolute atomic E-state index is 12.5. The van der Waals surface area contributed by atoms with Gasteiger partial charge in [0.05, 0.1) is 0 Å². The summed E-state index contributed by atoms with van der Waals surface area (Å²) in [5, 5.41) is 0. The minimum absolute atomic E-state index is 0.156. The van der Waals surface area contributed by atoms with Gasteiger partial charge in [-0.2, -0.15) is 0 Å². The summed E-state index contributed by atoms with van der Waals surface area (Å²) in [5.41, 5.74) is 5.66. The number of benzene rings is 1. The predicted octanol–water partition coefficient (Wildman–Crippen LogP) is 1.89. The second kappa shape index (κ2) is 2.70. The molecule has 0 unspecified atom stereocenters. The van der Waals surface area contributed by atoms with Crippen molar-refractivity contribution in [1.82, 2.24) is 0 Å². The van der Waals surface area contributed by atoms with E-state index in [-0.39, 0.29) is 11.3 Å². The molecule has 0 radical (unpaired) electrons. The van der Waals surface area contributed by atoms with E-state index in [0.29, 0.717) is 0 Å². The lowest BCUT2D eigenvalue weighted by Gasteiger charge is -1.98. The molecule has 0 bridgehead atoms. The molecule has 11 heavy (non-hydrogen) atoms. The van der Waals surface area contributed by atoms with E-state index in [1.807, 2.05) is 0 Å². The standard InChI is InChI=1S/C8H7F2N/c1-5(11)6-2-7(9)4-8(10)3-6/h2-4H,1,11H2. The van der Waals surface area contributed by atoms with E-state index >= 15 is 0 Å². The maximum atomic E-state index is 12.5. The van der Waals surface area contributed by atoms with Gasteiger partial charge in [0.2, 0.25) is 0 Å². The molecule has 0 heterocycles. The third-order valence-corrected chi connectivity index (χ3v) is 1.23. The average molecular weight is 155 g/mol. The quantitative estimate of drug-likeness (QED) is 0.658. The van der Waals surface area contributed by atoms with Crippen LogP contribution < -0.4 is 5.73 Å². The van der Waals surface area contributed by atoms with Crippen molar-refractivity contribution in [2.24, 2.45) is 5.73 Å². The minimum atomic E-state index is -0.647. The van der Waals surface area contributed by atoms with Gasteiger partial charge in [-0.25, -0.2) is 8.78 Å². The molecule has 2 N–H and O–H groups in total. The van der Waals surface area contributed by atoms with E-state index in [1.54, 1.807) is 0 Å². The zero-order chi connectivity index (χ0) is 8.43. The van der Waals surface area contributed by atoms with Gasteiger partial charge in [-0.3, -0.25) is 0 Å². The van der Waals surface area contributed by atoms with Crippen LogP contribution in [-0.4, -0.2) is 0 Å². The lowest BCUT2D eigenvalue weighted by atomic mass is 10.2. The Kier molecular flexibility index (Phi) is 1.89. The highest BCUT2D eigenvalue weighted by molar-refractivity contribution is 5.59. The first kappa shape index (κ1) is 7.72. The second-order valence-corrected chi connectivity index (χ2v) is 2.18. The van der Waals surface area contributed by atoms with Gasteiger partial charge in [0.1, 0.15) is 11.6 Å². The Morgan fingerprint density at radius 3 is 2.00 bits per heavy atom. The van der Waals surface area contributed by atoms with Crippen molar-refractivity contribution in [3.63, 3.8) is 0 Å². The van der Waals surface area contributed by atoms with E-state index in [0.717, 1.165) is 18.2 Å². The Morgan fingerprint density at radius 2 is 1.64 bits per heavy atom. The third-order valence-electron chi connectivity index (χ3n) is 1.23. The SMILES string of the molecule is C=C(N)c1cc(F)cc(F)c1. The Balaban J connectivity index is 3.19. The molecule has 0 aromatic heterocycles. The molecular formula is C8H7F2N. The molecule has 0 aliphatic carbocycles. The number of halogens is 2. The smallest absolute Gasteiger partial charge is 0.126 e. The molecule has 3 heteroatoms. The Morgan fingerprint density at radius 1 is 1.18 bits per heavy atom. The highest BCUT2D eigenvalue weighted by Crippen LogP contribution is 2.11. The summed E-state index contributed by atoms with van der Waals surface area (Å²) in [4.78, 5) is 0. The van der Waals surface area contributed by atoms with Crippen molar-refractivity contribution < 1.29 is 8.78 Å². The van der Waals surface area contributed by atoms with Gasteiger partial charge in [-0.15, -0.1) is 0 Å². The van der Waals surface area contributed by atoms with Gasteiger partial charge in [0.15, 0.2) is 0 Å². The third kappa shape index (κ3) is 1.77. The van der Waals surface area contributed by atoms with Gasteiger partial charge in [-0.1, -0.05) is 6.58 Å². The minimum Gasteiger partial charge on any atom is -0.399 e. The van der Waals surface area contributed by atoms with E-state index in [4.69, 9.17) is 5.73 Å². The molecule has 0 aliphatic rings. The number of nitrogens with two attached hydrogens (primary N) is 1. The summed E-state index contributed by atoms with van der Waals surface area (Å²) in [6.07, 6.45) is 0. The highest BCUT2D eigenvalue weighted by Gasteiger charge is 2.00. The molecule has 0 spiro atoms. The normalized spacial score (nSPS) is 9.64. The molecule has 1 aromatic carbocycles. The van der Waals surface area contributed by atoms with Crippen molar-refractivity contribution in [2.45, 2.75) is 0 Å². The zero-order valence-corrected chi connectivity index (χ0v) is 5.77. The molecular weight excluding hydrogens is 148 g/mol. The summed E-state index contributed by atoms with van der Waals surface area (Å²) < 4.78 is 24.9. The van der Waals surface area contributed by atoms with Crippen LogP contribution in [-0.2, 0) is 0 Å². The van der Waals surface area contributed by atoms with Gasteiger partial charge in [-0.05, 0) is 12.1 Å². The van der Waals surface area contributed by atoms with Crippen LogP contribution in [0.15, 0.2) is 24.8 Å². The molecule has 0 amide bonds. The summed E-state index contributed by atoms with van der Waals surface area (Å²) >= 11 is 0. The van der Waals surface area contributed by atoms with Crippen molar-refractivity contribution in [3.05, 3.63) is 42.0 Å². The van der Waals surface area contributed by atoms with Crippen LogP contribution in [0.3, 0.4) is 0 Å². The topological polar surface area (TPSA) is 26.0 Å². The molecule has 0 aliphatic heterocycles. The summed E-state index contributed by atoms with van der Waals surface area (Å²) in [5.74, 6) is -1.29. The lowest BCUT2D eigenvalue weighted by molar-refractivity contribution is 0.582. The lowest BCUT2D eigenvalue weighted by Crippen LogP contribution is -1.95. The Hall–Kier alpha value is -1.38. The summed E-state index contributed by atoms with van der Waals surface area (Å²) in [6, 6.07) is 3.04. The first-order chi connectivity index (χ1) is 5.09. The second-order valence-electron chi connectivity index (χ2n) is 2.18. The number of hydrogen-bond acceptors (Lipinski definition) is 1. The molecule has 58 valence electrons. The van der Waals surface area contributed by atoms with Crippen LogP contribution >= 0.6 is 0 Å². The maximum Gasteiger partial charge on any atom is 0.126 e. The number of hydrogen-bond donors (Lipinski definition) is 1. The van der Waals surface area contributed by atoms with Gasteiger partial charge in [0.25, 0.3) is 0 Å². The predicted molar refractivity (Wildman–Crippen MR) is 39.6 cm³/mol. The van der Waals surface area contributed by atoms with Crippen molar-refractivity contribution >= 4 is 5.70 Å². The number of rotatable bonds is 1. The van der Waals surface area contributed by atoms with Crippen molar-refractivity contribution in [2.75, 3.05) is 0 Å². The van der Waals surface area contributed by atoms with Crippen molar-refractivity contribution in [1.29, 1.82) is 0 Å². The van der Waals surface area contributed by atoms with Gasteiger partial charge < -0.3 is 5.73 Å². The molecule has 0 atom stereocenters. The van der Waals surface area contributed by atoms with E-state index in [9.17, 15) is 8.78 Å². The molecule has 1 aromatic rings. The molecule has 1 rings (SSSR count). The first-order valence-electron chi connectivity index (χ1n) is 3.00. The van der Waals surface area contributed by atoms with Crippen LogP contribution in [0.25, 0.3) is 5.70 Å². The fraction of sp³-hybridized carbons (Fsp3) is 0. The summed E-state index contributed by atoms with van der Waals surface area (Å²) in [7, 11) is 0. The van der Waals surface area contributed by atoms with Crippen LogP contribution in [0.5, 0.6) is 0 Å². The van der Waals surface area contributed by atoms with Crippen LogP contribution in [0.2, 0.25) is 0 Å². The Bertz CT molecular complexity index is 274. The van der Waals surface area contributed by atoms with Crippen LogP contribution in [0, 0.1) is 11.6 Å². The Labute approximate surface area is 63.1 Å². The van der Waals surface area contributed by atoms with Crippen LogP contribution in [0.4, 0.5) is 8.78 Å². The van der Waals surface area contributed by atoms with Crippen molar-refractivity contribution in [3.8, 4) is 0 Å². The van der Waals surface area contributed by atoms with E-state index in [2.05, 4.69) is 6.58 Å². The molecule has 0 fully saturated rings. The molecule has 0 saturated carbocycles. The van der Waals surface area contributed by atoms with Gasteiger partial charge in [0, 0.05) is 17.3 Å². The zero-order valence-electron chi connectivity index (χ0n) is 5.77. The van der Waals surface area contributed by atoms with Gasteiger partial charge >= 0.3 is 0 Å². The highest BCUT2D eigenvalue weighted by atomic mass is 19.1. The first-order valence-corrected chi connectivity index (χ1v) is 3.00.